The zero-order chi connectivity index (χ0) is 18.4. The molecule has 0 aliphatic carbocycles. The third kappa shape index (κ3) is 4.67. The summed E-state index contributed by atoms with van der Waals surface area (Å²) in [7, 11) is 0. The van der Waals surface area contributed by atoms with Crippen LogP contribution in [-0.4, -0.2) is 44.8 Å². The molecule has 1 aromatic heterocycles. The summed E-state index contributed by atoms with van der Waals surface area (Å²) in [5, 5.41) is 0. The molecule has 0 bridgehead atoms. The van der Waals surface area contributed by atoms with Gasteiger partial charge in [-0.05, 0) is 12.0 Å². The van der Waals surface area contributed by atoms with E-state index in [-0.39, 0.29) is 11.9 Å². The molecule has 26 heavy (non-hydrogen) atoms. The van der Waals surface area contributed by atoms with Crippen molar-refractivity contribution in [2.24, 2.45) is 0 Å². The first-order valence-electron chi connectivity index (χ1n) is 9.55. The van der Waals surface area contributed by atoms with Crippen molar-refractivity contribution in [3.05, 3.63) is 59.7 Å². The van der Waals surface area contributed by atoms with E-state index in [4.69, 9.17) is 0 Å². The highest BCUT2D eigenvalue weighted by Crippen LogP contribution is 2.19. The predicted octanol–water partition coefficient (Wildman–Crippen LogP) is 3.05. The summed E-state index contributed by atoms with van der Waals surface area (Å²) in [5.74, 6) is 1.13. The predicted molar refractivity (Wildman–Crippen MR) is 102 cm³/mol. The minimum absolute atomic E-state index is 0.237. The van der Waals surface area contributed by atoms with E-state index >= 15 is 0 Å². The van der Waals surface area contributed by atoms with Crippen LogP contribution < -0.4 is 0 Å². The average molecular weight is 352 g/mol. The van der Waals surface area contributed by atoms with E-state index in [0.29, 0.717) is 13.0 Å². The molecule has 5 heteroatoms. The molecule has 1 aliphatic rings. The number of carbonyl (C=O) groups is 1. The van der Waals surface area contributed by atoms with Crippen LogP contribution in [0, 0.1) is 0 Å². The topological polar surface area (TPSA) is 49.3 Å². The third-order valence-electron chi connectivity index (χ3n) is 5.02. The Morgan fingerprint density at radius 3 is 2.42 bits per heavy atom. The number of aromatic nitrogens is 2. The van der Waals surface area contributed by atoms with Crippen LogP contribution in [0.1, 0.15) is 43.6 Å². The Morgan fingerprint density at radius 2 is 1.77 bits per heavy atom. The van der Waals surface area contributed by atoms with Gasteiger partial charge in [0.1, 0.15) is 5.82 Å². The normalized spacial score (nSPS) is 18.8. The second-order valence-corrected chi connectivity index (χ2v) is 6.92. The molecular formula is C21H28N4O. The summed E-state index contributed by atoms with van der Waals surface area (Å²) in [6, 6.07) is 10.5. The van der Waals surface area contributed by atoms with E-state index in [2.05, 4.69) is 45.7 Å². The molecule has 2 heterocycles. The Morgan fingerprint density at radius 1 is 1.04 bits per heavy atom. The fourth-order valence-corrected chi connectivity index (χ4v) is 3.48. The molecule has 0 spiro atoms. The number of benzene rings is 1. The van der Waals surface area contributed by atoms with Crippen molar-refractivity contribution in [3.63, 3.8) is 0 Å². The molecule has 1 saturated heterocycles. The molecule has 0 saturated carbocycles. The van der Waals surface area contributed by atoms with Gasteiger partial charge in [-0.3, -0.25) is 9.69 Å². The molecule has 0 unspecified atom stereocenters. The number of aryl methyl sites for hydroxylation is 1. The lowest BCUT2D eigenvalue weighted by molar-refractivity contribution is -0.133. The molecule has 0 N–H and O–H groups in total. The number of hydrogen-bond acceptors (Lipinski definition) is 4. The summed E-state index contributed by atoms with van der Waals surface area (Å²) < 4.78 is 0. The summed E-state index contributed by atoms with van der Waals surface area (Å²) in [6.45, 7) is 7.40. The van der Waals surface area contributed by atoms with Crippen LogP contribution in [0.25, 0.3) is 0 Å². The monoisotopic (exact) mass is 352 g/mol. The van der Waals surface area contributed by atoms with Gasteiger partial charge in [-0.1, -0.05) is 44.2 Å². The van der Waals surface area contributed by atoms with Crippen LogP contribution in [0.2, 0.25) is 0 Å². The molecule has 1 fully saturated rings. The maximum Gasteiger partial charge on any atom is 0.224 e. The Bertz CT molecular complexity index is 702. The number of hydrogen-bond donors (Lipinski definition) is 0. The third-order valence-corrected chi connectivity index (χ3v) is 5.02. The van der Waals surface area contributed by atoms with Gasteiger partial charge in [0.2, 0.25) is 5.91 Å². The Hall–Kier alpha value is -2.27. The van der Waals surface area contributed by atoms with E-state index in [1.165, 1.54) is 5.56 Å². The molecule has 1 aromatic carbocycles. The van der Waals surface area contributed by atoms with Gasteiger partial charge in [-0.15, -0.1) is 0 Å². The Balaban J connectivity index is 1.69. The highest BCUT2D eigenvalue weighted by atomic mass is 16.2. The van der Waals surface area contributed by atoms with Crippen molar-refractivity contribution in [1.29, 1.82) is 0 Å². The van der Waals surface area contributed by atoms with Gasteiger partial charge in [-0.2, -0.15) is 0 Å². The molecule has 1 aliphatic heterocycles. The first kappa shape index (κ1) is 18.5. The van der Waals surface area contributed by atoms with Crippen LogP contribution in [-0.2, 0) is 24.3 Å². The number of amides is 1. The first-order chi connectivity index (χ1) is 12.7. The van der Waals surface area contributed by atoms with Crippen LogP contribution >= 0.6 is 0 Å². The van der Waals surface area contributed by atoms with E-state index in [0.717, 1.165) is 43.9 Å². The summed E-state index contributed by atoms with van der Waals surface area (Å²) >= 11 is 0. The second kappa shape index (κ2) is 8.90. The minimum Gasteiger partial charge on any atom is -0.334 e. The highest BCUT2D eigenvalue weighted by Gasteiger charge is 2.28. The van der Waals surface area contributed by atoms with E-state index in [1.807, 2.05) is 30.6 Å². The summed E-state index contributed by atoms with van der Waals surface area (Å²) in [6.07, 6.45) is 6.21. The van der Waals surface area contributed by atoms with Crippen molar-refractivity contribution in [2.45, 2.75) is 52.2 Å². The maximum atomic E-state index is 12.7. The fraction of sp³-hybridized carbons (Fsp3) is 0.476. The SMILES string of the molecule is CCc1ncc(CN2CCC(=O)N(Cc3ccccc3)[C@@H](CC)C2)cn1. The van der Waals surface area contributed by atoms with Crippen molar-refractivity contribution in [1.82, 2.24) is 19.8 Å². The lowest BCUT2D eigenvalue weighted by Crippen LogP contribution is -2.42. The second-order valence-electron chi connectivity index (χ2n) is 6.92. The van der Waals surface area contributed by atoms with E-state index in [9.17, 15) is 4.79 Å². The molecule has 1 atom stereocenters. The molecule has 0 radical (unpaired) electrons. The number of nitrogens with zero attached hydrogens (tertiary/aromatic N) is 4. The van der Waals surface area contributed by atoms with E-state index < -0.39 is 0 Å². The summed E-state index contributed by atoms with van der Waals surface area (Å²) in [5.41, 5.74) is 2.30. The zero-order valence-corrected chi connectivity index (χ0v) is 15.8. The summed E-state index contributed by atoms with van der Waals surface area (Å²) in [4.78, 5) is 26.0. The van der Waals surface area contributed by atoms with Gasteiger partial charge in [0.15, 0.2) is 0 Å². The molecular weight excluding hydrogens is 324 g/mol. The van der Waals surface area contributed by atoms with Crippen LogP contribution in [0.3, 0.4) is 0 Å². The zero-order valence-electron chi connectivity index (χ0n) is 15.8. The maximum absolute atomic E-state index is 12.7. The van der Waals surface area contributed by atoms with Gasteiger partial charge >= 0.3 is 0 Å². The van der Waals surface area contributed by atoms with Crippen LogP contribution in [0.15, 0.2) is 42.7 Å². The number of rotatable bonds is 6. The quantitative estimate of drug-likeness (QED) is 0.802. The smallest absolute Gasteiger partial charge is 0.224 e. The van der Waals surface area contributed by atoms with Gasteiger partial charge in [-0.25, -0.2) is 9.97 Å². The van der Waals surface area contributed by atoms with Gasteiger partial charge < -0.3 is 4.90 Å². The van der Waals surface area contributed by atoms with Crippen molar-refractivity contribution in [3.8, 4) is 0 Å². The average Bonchev–Trinajstić information content (AvgIpc) is 2.83. The minimum atomic E-state index is 0.237. The Labute approximate surface area is 156 Å². The molecule has 138 valence electrons. The van der Waals surface area contributed by atoms with Gasteiger partial charge in [0.25, 0.3) is 0 Å². The molecule has 3 rings (SSSR count). The van der Waals surface area contributed by atoms with Crippen LogP contribution in [0.5, 0.6) is 0 Å². The van der Waals surface area contributed by atoms with Crippen molar-refractivity contribution >= 4 is 5.91 Å². The van der Waals surface area contributed by atoms with Gasteiger partial charge in [0.05, 0.1) is 0 Å². The molecule has 2 aromatic rings. The molecule has 1 amide bonds. The lowest BCUT2D eigenvalue weighted by atomic mass is 10.1. The largest absolute Gasteiger partial charge is 0.334 e. The van der Waals surface area contributed by atoms with Crippen molar-refractivity contribution in [2.75, 3.05) is 13.1 Å². The Kier molecular flexibility index (Phi) is 6.34. The standard InChI is InChI=1S/C21H28N4O/c1-3-19-16-24(14-18-12-22-20(4-2)23-13-18)11-10-21(26)25(19)15-17-8-6-5-7-9-17/h5-9,12-13,19H,3-4,10-11,14-16H2,1-2H3/t19-/m0/s1. The number of carbonyl (C=O) groups excluding carboxylic acids is 1. The highest BCUT2D eigenvalue weighted by molar-refractivity contribution is 5.77. The van der Waals surface area contributed by atoms with Crippen LogP contribution in [0.4, 0.5) is 0 Å². The van der Waals surface area contributed by atoms with E-state index in [1.54, 1.807) is 0 Å². The van der Waals surface area contributed by atoms with Gasteiger partial charge in [0, 0.05) is 63.0 Å². The fourth-order valence-electron chi connectivity index (χ4n) is 3.48. The lowest BCUT2D eigenvalue weighted by Gasteiger charge is -2.31. The first-order valence-corrected chi connectivity index (χ1v) is 9.55. The molecule has 5 nitrogen and oxygen atoms in total. The van der Waals surface area contributed by atoms with Crippen molar-refractivity contribution < 1.29 is 4.79 Å².